The van der Waals surface area contributed by atoms with Crippen molar-refractivity contribution in [2.24, 2.45) is 5.92 Å². The van der Waals surface area contributed by atoms with Crippen molar-refractivity contribution in [3.63, 3.8) is 0 Å². The summed E-state index contributed by atoms with van der Waals surface area (Å²) < 4.78 is 48.3. The first-order chi connectivity index (χ1) is 35.4. The highest BCUT2D eigenvalue weighted by Gasteiger charge is 2.54. The quantitative estimate of drug-likeness (QED) is 0.00920. The molecule has 2 aromatic carbocycles. The molecular weight excluding hydrogens is 970 g/mol. The summed E-state index contributed by atoms with van der Waals surface area (Å²) >= 11 is 0. The molecule has 1 unspecified atom stereocenters. The number of ketones is 1. The van der Waals surface area contributed by atoms with E-state index in [9.17, 15) is 23.8 Å². The van der Waals surface area contributed by atoms with Crippen LogP contribution in [0.5, 0.6) is 0 Å². The molecule has 2 aliphatic rings. The summed E-state index contributed by atoms with van der Waals surface area (Å²) in [5, 5.41) is 2.09. The van der Waals surface area contributed by atoms with Crippen molar-refractivity contribution < 1.29 is 56.0 Å². The standard InChI is InChI=1S/C60H96NO11PSi/c1-9-11-13-15-17-18-19-20-21-22-23-25-33-41-58(63)67-47-49(48-69-73(65,66)68-44-43-61(6,7)8)70-59(64)42-34-40-55-57(71-55)45-53-52(39-32-24-16-14-12-10-2)56(46-54(53)62)72-74(60(3,4)5,50-35-28-26-29-36-50)51-37-30-27-31-38-51/h24,26-32,35-38,45,49,52,55-57H,9-23,25,33-34,39-44,46-48H2,1-8H3/b32-24-,53-45-/t49-,52-,55-,56-,57-/m1/s1. The average molecular weight is 1070 g/mol. The van der Waals surface area contributed by atoms with Gasteiger partial charge in [0.1, 0.15) is 25.9 Å². The van der Waals surface area contributed by atoms with Gasteiger partial charge in [0.05, 0.1) is 40.0 Å². The normalized spacial score (nSPS) is 20.0. The molecule has 0 amide bonds. The maximum absolute atomic E-state index is 14.1. The average Bonchev–Trinajstić information content (AvgIpc) is 4.03. The summed E-state index contributed by atoms with van der Waals surface area (Å²) in [5.74, 6) is -1.08. The first-order valence-corrected chi connectivity index (χ1v) is 31.9. The number of unbranched alkanes of at least 4 members (excludes halogenated alkanes) is 15. The number of likely N-dealkylation sites (N-methyl/N-ethyl adjacent to an activating group) is 1. The van der Waals surface area contributed by atoms with Crippen LogP contribution in [0, 0.1) is 5.92 Å². The van der Waals surface area contributed by atoms with Gasteiger partial charge in [-0.3, -0.25) is 18.9 Å². The molecule has 0 radical (unpaired) electrons. The summed E-state index contributed by atoms with van der Waals surface area (Å²) in [4.78, 5) is 52.8. The van der Waals surface area contributed by atoms with Gasteiger partial charge in [-0.2, -0.15) is 0 Å². The Morgan fingerprint density at radius 3 is 1.88 bits per heavy atom. The molecule has 0 spiro atoms. The number of rotatable bonds is 39. The Balaban J connectivity index is 1.34. The molecule has 416 valence electrons. The van der Waals surface area contributed by atoms with E-state index >= 15 is 0 Å². The summed E-state index contributed by atoms with van der Waals surface area (Å²) in [6.07, 6.45) is 26.7. The van der Waals surface area contributed by atoms with Gasteiger partial charge in [-0.25, -0.2) is 0 Å². The van der Waals surface area contributed by atoms with Crippen molar-refractivity contribution in [1.82, 2.24) is 0 Å². The lowest BCUT2D eigenvalue weighted by atomic mass is 9.95. The van der Waals surface area contributed by atoms with E-state index in [1.807, 2.05) is 39.4 Å². The minimum Gasteiger partial charge on any atom is -0.756 e. The first-order valence-electron chi connectivity index (χ1n) is 28.5. The molecule has 6 atom stereocenters. The Morgan fingerprint density at radius 1 is 0.757 bits per heavy atom. The molecule has 14 heteroatoms. The van der Waals surface area contributed by atoms with Crippen LogP contribution in [0.2, 0.25) is 5.04 Å². The number of epoxide rings is 1. The largest absolute Gasteiger partial charge is 0.756 e. The zero-order valence-electron chi connectivity index (χ0n) is 46.9. The Morgan fingerprint density at radius 2 is 1.31 bits per heavy atom. The summed E-state index contributed by atoms with van der Waals surface area (Å²) in [5.41, 5.74) is 0.752. The monoisotopic (exact) mass is 1070 g/mol. The van der Waals surface area contributed by atoms with Crippen molar-refractivity contribution in [2.45, 2.75) is 212 Å². The van der Waals surface area contributed by atoms with Gasteiger partial charge in [0, 0.05) is 25.2 Å². The predicted molar refractivity (Wildman–Crippen MR) is 298 cm³/mol. The smallest absolute Gasteiger partial charge is 0.306 e. The number of hydrogen-bond acceptors (Lipinski definition) is 11. The molecular formula is C60H96NO11PSi. The van der Waals surface area contributed by atoms with Gasteiger partial charge in [0.2, 0.25) is 0 Å². The Labute approximate surface area is 448 Å². The molecule has 2 aromatic rings. The summed E-state index contributed by atoms with van der Waals surface area (Å²) in [6.45, 7) is 10.7. The van der Waals surface area contributed by atoms with Crippen LogP contribution in [0.15, 0.2) is 84.5 Å². The molecule has 1 heterocycles. The summed E-state index contributed by atoms with van der Waals surface area (Å²) in [7, 11) is -1.95. The molecule has 74 heavy (non-hydrogen) atoms. The Bertz CT molecular complexity index is 1990. The van der Waals surface area contributed by atoms with Gasteiger partial charge in [0.25, 0.3) is 16.1 Å². The number of phosphoric ester groups is 1. The van der Waals surface area contributed by atoms with Crippen LogP contribution >= 0.6 is 7.82 Å². The lowest BCUT2D eigenvalue weighted by Crippen LogP contribution is -2.68. The minimum absolute atomic E-state index is 0.0281. The number of nitrogens with zero attached hydrogens (tertiary/aromatic N) is 1. The lowest BCUT2D eigenvalue weighted by molar-refractivity contribution is -0.870. The Hall–Kier alpha value is -3.26. The van der Waals surface area contributed by atoms with E-state index in [4.69, 9.17) is 27.7 Å². The zero-order chi connectivity index (χ0) is 53.9. The second-order valence-corrected chi connectivity index (χ2v) is 28.5. The van der Waals surface area contributed by atoms with Gasteiger partial charge in [-0.15, -0.1) is 0 Å². The molecule has 1 saturated heterocycles. The third kappa shape index (κ3) is 23.1. The van der Waals surface area contributed by atoms with Gasteiger partial charge in [-0.1, -0.05) is 197 Å². The molecule has 1 aliphatic heterocycles. The number of ether oxygens (including phenoxy) is 3. The molecule has 0 N–H and O–H groups in total. The molecule has 0 aromatic heterocycles. The maximum atomic E-state index is 14.1. The number of carbonyl (C=O) groups excluding carboxylic acids is 3. The fraction of sp³-hybridized carbons (Fsp3) is 0.683. The lowest BCUT2D eigenvalue weighted by Gasteiger charge is -2.45. The Kier molecular flexibility index (Phi) is 28.3. The maximum Gasteiger partial charge on any atom is 0.306 e. The minimum atomic E-state index is -4.73. The van der Waals surface area contributed by atoms with E-state index in [1.165, 1.54) is 74.6 Å². The van der Waals surface area contributed by atoms with Crippen molar-refractivity contribution in [3.05, 3.63) is 84.5 Å². The second kappa shape index (κ2) is 33.1. The fourth-order valence-electron chi connectivity index (χ4n) is 9.96. The first kappa shape index (κ1) is 63.3. The number of carbonyl (C=O) groups is 3. The second-order valence-electron chi connectivity index (χ2n) is 22.8. The number of allylic oxidation sites excluding steroid dienone is 2. The highest BCUT2D eigenvalue weighted by atomic mass is 31.2. The highest BCUT2D eigenvalue weighted by Crippen LogP contribution is 2.44. The van der Waals surface area contributed by atoms with Crippen LogP contribution in [0.3, 0.4) is 0 Å². The van der Waals surface area contributed by atoms with Gasteiger partial charge in [0.15, 0.2) is 11.9 Å². The topological polar surface area (TPSA) is 150 Å². The van der Waals surface area contributed by atoms with Crippen LogP contribution in [0.4, 0.5) is 0 Å². The fourth-order valence-corrected chi connectivity index (χ4v) is 15.4. The number of Topliss-reactive ketones (excluding diaryl/α,β-unsaturated/α-hetero) is 1. The van der Waals surface area contributed by atoms with Crippen molar-refractivity contribution in [1.29, 1.82) is 0 Å². The SMILES string of the molecule is CCCCC/C=C\C[C@@H]1/C(=C/[C@H]2O[C@@H]2CCCC(=O)O[C@H](COC(=O)CCCCCCCCCCCCCCC)COP(=O)([O-])OCC[N+](C)(C)C)C(=O)C[C@H]1O[Si](c1ccccc1)(c1ccccc1)C(C)(C)C. The van der Waals surface area contributed by atoms with Gasteiger partial charge >= 0.3 is 11.9 Å². The van der Waals surface area contributed by atoms with E-state index in [1.54, 1.807) is 0 Å². The van der Waals surface area contributed by atoms with Gasteiger partial charge in [-0.05, 0) is 65.6 Å². The number of benzene rings is 2. The highest BCUT2D eigenvalue weighted by molar-refractivity contribution is 7.45. The van der Waals surface area contributed by atoms with Crippen LogP contribution in [-0.2, 0) is 46.6 Å². The van der Waals surface area contributed by atoms with E-state index < -0.39 is 40.8 Å². The van der Waals surface area contributed by atoms with E-state index in [2.05, 4.69) is 95.3 Å². The number of quaternary nitrogens is 1. The van der Waals surface area contributed by atoms with E-state index in [0.717, 1.165) is 44.1 Å². The number of phosphoric acid groups is 1. The van der Waals surface area contributed by atoms with Crippen LogP contribution in [0.1, 0.15) is 182 Å². The molecule has 2 fully saturated rings. The molecule has 1 aliphatic carbocycles. The molecule has 0 bridgehead atoms. The molecule has 12 nitrogen and oxygen atoms in total. The summed E-state index contributed by atoms with van der Waals surface area (Å²) in [6, 6.07) is 21.1. The van der Waals surface area contributed by atoms with Crippen molar-refractivity contribution >= 4 is 44.2 Å². The third-order valence-electron chi connectivity index (χ3n) is 14.3. The van der Waals surface area contributed by atoms with Crippen LogP contribution in [-0.4, -0.2) is 102 Å². The van der Waals surface area contributed by atoms with E-state index in [0.29, 0.717) is 36.7 Å². The van der Waals surface area contributed by atoms with E-state index in [-0.39, 0.29) is 67.5 Å². The van der Waals surface area contributed by atoms with Crippen molar-refractivity contribution in [3.8, 4) is 0 Å². The van der Waals surface area contributed by atoms with Crippen LogP contribution in [0.25, 0.3) is 0 Å². The van der Waals surface area contributed by atoms with Crippen molar-refractivity contribution in [2.75, 3.05) is 47.5 Å². The molecule has 4 rings (SSSR count). The zero-order valence-corrected chi connectivity index (χ0v) is 48.8. The van der Waals surface area contributed by atoms with Crippen LogP contribution < -0.4 is 15.3 Å². The van der Waals surface area contributed by atoms with Gasteiger partial charge < -0.3 is 37.1 Å². The number of esters is 2. The predicted octanol–water partition coefficient (Wildman–Crippen LogP) is 12.1. The third-order valence-corrected chi connectivity index (χ3v) is 20.3. The molecule has 1 saturated carbocycles. The number of hydrogen-bond donors (Lipinski definition) is 0.